The van der Waals surface area contributed by atoms with Crippen LogP contribution in [0.2, 0.25) is 0 Å². The minimum Gasteiger partial charge on any atom is -0.481 e. The molecule has 0 spiro atoms. The molecular formula is C29H46O11. The summed E-state index contributed by atoms with van der Waals surface area (Å²) in [4.78, 5) is 58.4. The minimum absolute atomic E-state index is 0.146. The largest absolute Gasteiger partial charge is 0.481 e. The molecule has 5 N–H and O–H groups in total. The zero-order valence-corrected chi connectivity index (χ0v) is 24.5. The molecule has 11 nitrogen and oxygen atoms in total. The lowest BCUT2D eigenvalue weighted by molar-refractivity contribution is -0.183. The van der Waals surface area contributed by atoms with Gasteiger partial charge in [-0.3, -0.25) is 9.59 Å². The fourth-order valence-electron chi connectivity index (χ4n) is 4.93. The van der Waals surface area contributed by atoms with Gasteiger partial charge in [0, 0.05) is 5.57 Å². The Morgan fingerprint density at radius 1 is 0.775 bits per heavy atom. The Morgan fingerprint density at radius 3 is 1.75 bits per heavy atom. The average Bonchev–Trinajstić information content (AvgIpc) is 2.81. The Bertz CT molecular complexity index is 952. The molecule has 0 heterocycles. The van der Waals surface area contributed by atoms with Crippen LogP contribution in [0.3, 0.4) is 0 Å². The van der Waals surface area contributed by atoms with E-state index >= 15 is 0 Å². The van der Waals surface area contributed by atoms with Gasteiger partial charge in [0.1, 0.15) is 5.92 Å². The first-order valence-electron chi connectivity index (χ1n) is 13.6. The highest BCUT2D eigenvalue weighted by Crippen LogP contribution is 2.26. The van der Waals surface area contributed by atoms with Gasteiger partial charge in [-0.25, -0.2) is 14.4 Å². The highest BCUT2D eigenvalue weighted by molar-refractivity contribution is 5.90. The highest BCUT2D eigenvalue weighted by Gasteiger charge is 2.45. The molecule has 8 unspecified atom stereocenters. The molecule has 0 bridgehead atoms. The number of carbonyl (C=O) groups excluding carboxylic acids is 1. The van der Waals surface area contributed by atoms with Crippen LogP contribution in [0.5, 0.6) is 0 Å². The summed E-state index contributed by atoms with van der Waals surface area (Å²) in [6.07, 6.45) is 2.20. The van der Waals surface area contributed by atoms with Gasteiger partial charge in [-0.2, -0.15) is 0 Å². The van der Waals surface area contributed by atoms with E-state index < -0.39 is 53.9 Å². The topological polar surface area (TPSA) is 196 Å². The summed E-state index contributed by atoms with van der Waals surface area (Å²) in [6, 6.07) is 0. The average molecular weight is 571 g/mol. The summed E-state index contributed by atoms with van der Waals surface area (Å²) in [7, 11) is 0. The van der Waals surface area contributed by atoms with Gasteiger partial charge in [-0.1, -0.05) is 59.6 Å². The van der Waals surface area contributed by atoms with Crippen LogP contribution < -0.4 is 0 Å². The number of aliphatic carboxylic acids is 4. The molecule has 0 aromatic carbocycles. The molecule has 40 heavy (non-hydrogen) atoms. The quantitative estimate of drug-likeness (QED) is 0.0846. The van der Waals surface area contributed by atoms with Gasteiger partial charge in [-0.15, -0.1) is 0 Å². The molecule has 0 aliphatic carbocycles. The molecule has 0 rings (SSSR count). The summed E-state index contributed by atoms with van der Waals surface area (Å²) in [5.41, 5.74) is 0.525. The van der Waals surface area contributed by atoms with Crippen molar-refractivity contribution < 1.29 is 54.2 Å². The number of esters is 1. The van der Waals surface area contributed by atoms with Crippen LogP contribution in [-0.4, -0.2) is 67.6 Å². The second-order valence-electron chi connectivity index (χ2n) is 11.2. The number of carboxylic acid groups (broad SMARTS) is 4. The van der Waals surface area contributed by atoms with Gasteiger partial charge in [0.2, 0.25) is 6.10 Å². The van der Waals surface area contributed by atoms with E-state index in [1.807, 2.05) is 13.0 Å². The Labute approximate surface area is 235 Å². The molecule has 0 saturated heterocycles. The molecule has 0 amide bonds. The summed E-state index contributed by atoms with van der Waals surface area (Å²) in [5, 5.41) is 46.8. The van der Waals surface area contributed by atoms with Crippen LogP contribution in [0.4, 0.5) is 0 Å². The number of ether oxygens (including phenoxy) is 1. The van der Waals surface area contributed by atoms with Crippen LogP contribution in [0.15, 0.2) is 23.3 Å². The lowest BCUT2D eigenvalue weighted by Gasteiger charge is -2.24. The number of aliphatic hydroxyl groups is 1. The minimum atomic E-state index is -2.66. The summed E-state index contributed by atoms with van der Waals surface area (Å²) < 4.78 is 4.75. The lowest BCUT2D eigenvalue weighted by atomic mass is 9.84. The van der Waals surface area contributed by atoms with Crippen molar-refractivity contribution in [1.29, 1.82) is 0 Å². The molecule has 0 aromatic heterocycles. The SMILES string of the molecule is CCC(C)CC(C)CC(C)CC(C)/C=C(C)/C=C(\CC(C)C(=O)OC(C(=O)O)C(C(=O)O)C(O)C(=O)O)C(=O)O. The molecule has 0 fully saturated rings. The van der Waals surface area contributed by atoms with E-state index in [-0.39, 0.29) is 17.9 Å². The molecule has 228 valence electrons. The fraction of sp³-hybridized carbons (Fsp3) is 0.690. The Morgan fingerprint density at radius 2 is 1.30 bits per heavy atom. The van der Waals surface area contributed by atoms with Crippen molar-refractivity contribution in [2.75, 3.05) is 0 Å². The highest BCUT2D eigenvalue weighted by atomic mass is 16.6. The molecule has 0 aromatic rings. The van der Waals surface area contributed by atoms with E-state index in [1.54, 1.807) is 6.92 Å². The second-order valence-corrected chi connectivity index (χ2v) is 11.2. The van der Waals surface area contributed by atoms with Crippen molar-refractivity contribution in [3.63, 3.8) is 0 Å². The zero-order chi connectivity index (χ0) is 31.3. The van der Waals surface area contributed by atoms with E-state index in [9.17, 15) is 44.4 Å². The van der Waals surface area contributed by atoms with E-state index in [0.29, 0.717) is 23.3 Å². The molecule has 0 radical (unpaired) electrons. The maximum atomic E-state index is 12.6. The first kappa shape index (κ1) is 36.8. The van der Waals surface area contributed by atoms with Gasteiger partial charge >= 0.3 is 29.8 Å². The third kappa shape index (κ3) is 13.2. The van der Waals surface area contributed by atoms with E-state index in [4.69, 9.17) is 9.84 Å². The van der Waals surface area contributed by atoms with Crippen molar-refractivity contribution in [3.8, 4) is 0 Å². The van der Waals surface area contributed by atoms with Gasteiger partial charge in [0.25, 0.3) is 0 Å². The van der Waals surface area contributed by atoms with Crippen LogP contribution >= 0.6 is 0 Å². The normalized spacial score (nSPS) is 18.4. The Balaban J connectivity index is 5.50. The summed E-state index contributed by atoms with van der Waals surface area (Å²) in [6.45, 7) is 14.0. The number of carboxylic acids is 4. The maximum absolute atomic E-state index is 12.6. The molecule has 11 heteroatoms. The zero-order valence-electron chi connectivity index (χ0n) is 24.5. The number of aliphatic hydroxyl groups excluding tert-OH is 1. The van der Waals surface area contributed by atoms with Crippen LogP contribution in [0.25, 0.3) is 0 Å². The van der Waals surface area contributed by atoms with Gasteiger partial charge in [0.15, 0.2) is 6.10 Å². The molecular weight excluding hydrogens is 524 g/mol. The van der Waals surface area contributed by atoms with E-state index in [2.05, 4.69) is 27.7 Å². The summed E-state index contributed by atoms with van der Waals surface area (Å²) in [5.74, 6) is -10.3. The predicted octanol–water partition coefficient (Wildman–Crippen LogP) is 4.24. The van der Waals surface area contributed by atoms with Crippen molar-refractivity contribution in [2.24, 2.45) is 35.5 Å². The van der Waals surface area contributed by atoms with Gasteiger partial charge in [-0.05, 0) is 62.4 Å². The number of allylic oxidation sites excluding steroid dienone is 3. The fourth-order valence-corrected chi connectivity index (χ4v) is 4.93. The van der Waals surface area contributed by atoms with Crippen molar-refractivity contribution in [1.82, 2.24) is 0 Å². The van der Waals surface area contributed by atoms with E-state index in [0.717, 1.165) is 19.3 Å². The third-order valence-corrected chi connectivity index (χ3v) is 6.92. The van der Waals surface area contributed by atoms with Crippen LogP contribution in [0.1, 0.15) is 80.6 Å². The molecule has 8 atom stereocenters. The predicted molar refractivity (Wildman–Crippen MR) is 146 cm³/mol. The number of carbonyl (C=O) groups is 5. The second kappa shape index (κ2) is 17.5. The van der Waals surface area contributed by atoms with Crippen LogP contribution in [0, 0.1) is 35.5 Å². The first-order valence-corrected chi connectivity index (χ1v) is 13.6. The molecule has 0 aliphatic rings. The van der Waals surface area contributed by atoms with Gasteiger partial charge in [0.05, 0.1) is 5.92 Å². The van der Waals surface area contributed by atoms with Crippen molar-refractivity contribution >= 4 is 29.8 Å². The standard InChI is InChI=1S/C29H46O11/c1-8-15(2)9-16(3)10-17(4)11-18(5)12-19(6)13-21(25(31)32)14-20(7)29(39)40-24(28(37)38)22(26(33)34)23(30)27(35)36/h12-13,15-18,20,22-24,30H,8-11,14H2,1-7H3,(H,31,32)(H,33,34)(H,35,36)(H,37,38)/b19-12+,21-13+. The Hall–Kier alpha value is -3.21. The third-order valence-electron chi connectivity index (χ3n) is 6.92. The van der Waals surface area contributed by atoms with Crippen molar-refractivity contribution in [3.05, 3.63) is 23.3 Å². The molecule has 0 saturated carbocycles. The Kier molecular flexibility index (Phi) is 16.1. The van der Waals surface area contributed by atoms with Crippen molar-refractivity contribution in [2.45, 2.75) is 92.8 Å². The monoisotopic (exact) mass is 570 g/mol. The number of rotatable bonds is 19. The van der Waals surface area contributed by atoms with E-state index in [1.165, 1.54) is 19.4 Å². The molecule has 0 aliphatic heterocycles. The first-order chi connectivity index (χ1) is 18.4. The number of hydrogen-bond donors (Lipinski definition) is 5. The maximum Gasteiger partial charge on any atom is 0.346 e. The summed E-state index contributed by atoms with van der Waals surface area (Å²) >= 11 is 0. The number of hydrogen-bond acceptors (Lipinski definition) is 7. The van der Waals surface area contributed by atoms with Crippen LogP contribution in [-0.2, 0) is 28.7 Å². The van der Waals surface area contributed by atoms with Gasteiger partial charge < -0.3 is 30.3 Å². The lowest BCUT2D eigenvalue weighted by Crippen LogP contribution is -2.48. The smallest absolute Gasteiger partial charge is 0.346 e.